The SMILES string of the molecule is CC(C)CCCOC(=O)Nc1cccnc1. The molecular formula is C12H18N2O2. The van der Waals surface area contributed by atoms with E-state index in [2.05, 4.69) is 24.1 Å². The smallest absolute Gasteiger partial charge is 0.411 e. The van der Waals surface area contributed by atoms with E-state index >= 15 is 0 Å². The van der Waals surface area contributed by atoms with Crippen LogP contribution in [0, 0.1) is 5.92 Å². The molecule has 0 radical (unpaired) electrons. The van der Waals surface area contributed by atoms with Gasteiger partial charge in [-0.2, -0.15) is 0 Å². The zero-order valence-electron chi connectivity index (χ0n) is 9.77. The van der Waals surface area contributed by atoms with Gasteiger partial charge in [0.2, 0.25) is 0 Å². The highest BCUT2D eigenvalue weighted by molar-refractivity contribution is 5.84. The number of nitrogens with one attached hydrogen (secondary N) is 1. The second kappa shape index (κ2) is 6.82. The molecule has 1 heterocycles. The molecule has 1 N–H and O–H groups in total. The monoisotopic (exact) mass is 222 g/mol. The second-order valence-corrected chi connectivity index (χ2v) is 4.04. The lowest BCUT2D eigenvalue weighted by molar-refractivity contribution is 0.158. The van der Waals surface area contributed by atoms with Crippen LogP contribution >= 0.6 is 0 Å². The molecule has 0 unspecified atom stereocenters. The number of nitrogens with zero attached hydrogens (tertiary/aromatic N) is 1. The van der Waals surface area contributed by atoms with E-state index in [4.69, 9.17) is 4.74 Å². The van der Waals surface area contributed by atoms with Crippen LogP contribution < -0.4 is 5.32 Å². The molecule has 1 amide bonds. The van der Waals surface area contributed by atoms with Crippen molar-refractivity contribution in [2.24, 2.45) is 5.92 Å². The van der Waals surface area contributed by atoms with Gasteiger partial charge < -0.3 is 4.74 Å². The minimum absolute atomic E-state index is 0.420. The minimum Gasteiger partial charge on any atom is -0.449 e. The van der Waals surface area contributed by atoms with Gasteiger partial charge in [-0.25, -0.2) is 4.79 Å². The maximum atomic E-state index is 11.3. The van der Waals surface area contributed by atoms with Gasteiger partial charge in [-0.1, -0.05) is 13.8 Å². The number of hydrogen-bond acceptors (Lipinski definition) is 3. The summed E-state index contributed by atoms with van der Waals surface area (Å²) in [5, 5.41) is 2.61. The topological polar surface area (TPSA) is 51.2 Å². The molecule has 16 heavy (non-hydrogen) atoms. The molecule has 1 rings (SSSR count). The van der Waals surface area contributed by atoms with Crippen LogP contribution in [0.4, 0.5) is 10.5 Å². The summed E-state index contributed by atoms with van der Waals surface area (Å²) in [6.07, 6.45) is 4.78. The third-order valence-corrected chi connectivity index (χ3v) is 2.07. The molecule has 0 aliphatic rings. The highest BCUT2D eigenvalue weighted by Gasteiger charge is 2.02. The Balaban J connectivity index is 2.17. The van der Waals surface area contributed by atoms with E-state index in [0.29, 0.717) is 18.2 Å². The molecule has 0 saturated carbocycles. The normalized spacial score (nSPS) is 10.2. The van der Waals surface area contributed by atoms with Crippen LogP contribution in [-0.2, 0) is 4.74 Å². The van der Waals surface area contributed by atoms with Gasteiger partial charge in [0.25, 0.3) is 0 Å². The number of anilines is 1. The second-order valence-electron chi connectivity index (χ2n) is 4.04. The van der Waals surface area contributed by atoms with Crippen molar-refractivity contribution in [3.05, 3.63) is 24.5 Å². The summed E-state index contributed by atoms with van der Waals surface area (Å²) in [6, 6.07) is 3.52. The van der Waals surface area contributed by atoms with Crippen molar-refractivity contribution in [3.63, 3.8) is 0 Å². The standard InChI is InChI=1S/C12H18N2O2/c1-10(2)5-4-8-16-12(15)14-11-6-3-7-13-9-11/h3,6-7,9-10H,4-5,8H2,1-2H3,(H,14,15). The van der Waals surface area contributed by atoms with E-state index < -0.39 is 6.09 Å². The highest BCUT2D eigenvalue weighted by Crippen LogP contribution is 2.05. The van der Waals surface area contributed by atoms with Gasteiger partial charge in [0.15, 0.2) is 0 Å². The number of hydrogen-bond donors (Lipinski definition) is 1. The van der Waals surface area contributed by atoms with Crippen LogP contribution in [0.2, 0.25) is 0 Å². The number of amides is 1. The summed E-state index contributed by atoms with van der Waals surface area (Å²) in [4.78, 5) is 15.2. The summed E-state index contributed by atoms with van der Waals surface area (Å²) >= 11 is 0. The molecule has 0 saturated heterocycles. The Morgan fingerprint density at radius 1 is 1.56 bits per heavy atom. The first-order valence-electron chi connectivity index (χ1n) is 5.52. The van der Waals surface area contributed by atoms with Crippen molar-refractivity contribution in [1.29, 1.82) is 0 Å². The third-order valence-electron chi connectivity index (χ3n) is 2.07. The molecule has 4 nitrogen and oxygen atoms in total. The maximum absolute atomic E-state index is 11.3. The number of carbonyl (C=O) groups is 1. The fraction of sp³-hybridized carbons (Fsp3) is 0.500. The Morgan fingerprint density at radius 3 is 3.00 bits per heavy atom. The summed E-state index contributed by atoms with van der Waals surface area (Å²) in [5.41, 5.74) is 0.649. The van der Waals surface area contributed by atoms with Crippen molar-refractivity contribution in [3.8, 4) is 0 Å². The fourth-order valence-corrected chi connectivity index (χ4v) is 1.25. The molecular weight excluding hydrogens is 204 g/mol. The number of carbonyl (C=O) groups excluding carboxylic acids is 1. The van der Waals surface area contributed by atoms with Gasteiger partial charge in [-0.15, -0.1) is 0 Å². The summed E-state index contributed by atoms with van der Waals surface area (Å²) in [6.45, 7) is 4.76. The maximum Gasteiger partial charge on any atom is 0.411 e. The van der Waals surface area contributed by atoms with Crippen molar-refractivity contribution >= 4 is 11.8 Å². The quantitative estimate of drug-likeness (QED) is 0.779. The third kappa shape index (κ3) is 5.34. The molecule has 0 spiro atoms. The summed E-state index contributed by atoms with van der Waals surface area (Å²) < 4.78 is 5.02. The first-order chi connectivity index (χ1) is 7.68. The Kier molecular flexibility index (Phi) is 5.32. The molecule has 0 aliphatic carbocycles. The fourth-order valence-electron chi connectivity index (χ4n) is 1.25. The number of pyridine rings is 1. The zero-order valence-corrected chi connectivity index (χ0v) is 9.77. The van der Waals surface area contributed by atoms with Gasteiger partial charge in [0.05, 0.1) is 18.5 Å². The van der Waals surface area contributed by atoms with Crippen LogP contribution in [0.5, 0.6) is 0 Å². The molecule has 0 bridgehead atoms. The van der Waals surface area contributed by atoms with Crippen LogP contribution in [-0.4, -0.2) is 17.7 Å². The first kappa shape index (κ1) is 12.5. The van der Waals surface area contributed by atoms with Gasteiger partial charge in [-0.3, -0.25) is 10.3 Å². The van der Waals surface area contributed by atoms with Gasteiger partial charge in [-0.05, 0) is 30.9 Å². The lowest BCUT2D eigenvalue weighted by Gasteiger charge is -2.07. The Labute approximate surface area is 96.0 Å². The van der Waals surface area contributed by atoms with E-state index in [0.717, 1.165) is 12.8 Å². The number of ether oxygens (including phenoxy) is 1. The Morgan fingerprint density at radius 2 is 2.38 bits per heavy atom. The van der Waals surface area contributed by atoms with E-state index in [1.807, 2.05) is 0 Å². The number of rotatable bonds is 5. The van der Waals surface area contributed by atoms with E-state index in [-0.39, 0.29) is 0 Å². The lowest BCUT2D eigenvalue weighted by Crippen LogP contribution is -2.14. The zero-order chi connectivity index (χ0) is 11.8. The van der Waals surface area contributed by atoms with Crippen LogP contribution in [0.1, 0.15) is 26.7 Å². The molecule has 0 aromatic carbocycles. The average Bonchev–Trinajstić information content (AvgIpc) is 2.25. The van der Waals surface area contributed by atoms with Crippen molar-refractivity contribution in [2.45, 2.75) is 26.7 Å². The van der Waals surface area contributed by atoms with Crippen molar-refractivity contribution < 1.29 is 9.53 Å². The molecule has 4 heteroatoms. The molecule has 1 aromatic heterocycles. The minimum atomic E-state index is -0.420. The van der Waals surface area contributed by atoms with Gasteiger partial charge in [0, 0.05) is 6.20 Å². The first-order valence-corrected chi connectivity index (χ1v) is 5.52. The van der Waals surface area contributed by atoms with Crippen LogP contribution in [0.3, 0.4) is 0 Å². The molecule has 0 atom stereocenters. The van der Waals surface area contributed by atoms with Crippen molar-refractivity contribution in [2.75, 3.05) is 11.9 Å². The van der Waals surface area contributed by atoms with E-state index in [1.54, 1.807) is 24.5 Å². The van der Waals surface area contributed by atoms with Gasteiger partial charge >= 0.3 is 6.09 Å². The molecule has 1 aromatic rings. The lowest BCUT2D eigenvalue weighted by atomic mass is 10.1. The van der Waals surface area contributed by atoms with E-state index in [1.165, 1.54) is 0 Å². The van der Waals surface area contributed by atoms with Crippen LogP contribution in [0.25, 0.3) is 0 Å². The van der Waals surface area contributed by atoms with Gasteiger partial charge in [0.1, 0.15) is 0 Å². The predicted molar refractivity (Wildman–Crippen MR) is 63.3 cm³/mol. The average molecular weight is 222 g/mol. The molecule has 0 fully saturated rings. The predicted octanol–water partition coefficient (Wildman–Crippen LogP) is 3.07. The summed E-state index contributed by atoms with van der Waals surface area (Å²) in [7, 11) is 0. The number of aromatic nitrogens is 1. The largest absolute Gasteiger partial charge is 0.449 e. The van der Waals surface area contributed by atoms with Crippen LogP contribution in [0.15, 0.2) is 24.5 Å². The van der Waals surface area contributed by atoms with E-state index in [9.17, 15) is 4.79 Å². The Bertz CT molecular complexity index is 312. The summed E-state index contributed by atoms with van der Waals surface area (Å²) in [5.74, 6) is 0.644. The molecule has 88 valence electrons. The highest BCUT2D eigenvalue weighted by atomic mass is 16.5. The van der Waals surface area contributed by atoms with Crippen molar-refractivity contribution in [1.82, 2.24) is 4.98 Å². The Hall–Kier alpha value is -1.58. The molecule has 0 aliphatic heterocycles.